The maximum absolute atomic E-state index is 13.0. The number of carboxylic acid groups (broad SMARTS) is 1. The second-order valence-corrected chi connectivity index (χ2v) is 4.24. The summed E-state index contributed by atoms with van der Waals surface area (Å²) in [7, 11) is 0. The van der Waals surface area contributed by atoms with Crippen LogP contribution in [0, 0.1) is 17.6 Å². The van der Waals surface area contributed by atoms with E-state index >= 15 is 0 Å². The molecule has 3 nitrogen and oxygen atoms in total. The van der Waals surface area contributed by atoms with Gasteiger partial charge in [-0.15, -0.1) is 0 Å². The number of anilines is 1. The van der Waals surface area contributed by atoms with Crippen molar-refractivity contribution in [2.24, 2.45) is 5.92 Å². The molecule has 0 bridgehead atoms. The van der Waals surface area contributed by atoms with E-state index in [0.29, 0.717) is 12.1 Å². The van der Waals surface area contributed by atoms with E-state index in [4.69, 9.17) is 5.11 Å². The lowest BCUT2D eigenvalue weighted by Crippen LogP contribution is -2.49. The van der Waals surface area contributed by atoms with Gasteiger partial charge in [0.15, 0.2) is 11.6 Å². The molecule has 1 aliphatic heterocycles. The van der Waals surface area contributed by atoms with Gasteiger partial charge in [0.25, 0.3) is 0 Å². The number of alkyl halides is 3. The monoisotopic (exact) mass is 281 g/mol. The molecule has 0 saturated heterocycles. The van der Waals surface area contributed by atoms with Crippen LogP contribution < -0.4 is 5.32 Å². The molecule has 0 radical (unpaired) electrons. The van der Waals surface area contributed by atoms with E-state index in [-0.39, 0.29) is 11.3 Å². The third-order valence-corrected chi connectivity index (χ3v) is 2.97. The minimum Gasteiger partial charge on any atom is -0.481 e. The van der Waals surface area contributed by atoms with E-state index in [9.17, 15) is 26.7 Å². The molecule has 0 aliphatic carbocycles. The first-order valence-electron chi connectivity index (χ1n) is 5.24. The van der Waals surface area contributed by atoms with Crippen LogP contribution in [0.2, 0.25) is 0 Å². The standard InChI is InChI=1S/C11H8F5NO2/c12-6-2-4-1-5(10(18)19)9(11(14,15)16)17-8(4)3-7(6)13/h2-3,5,9,17H,1H2,(H,18,19). The zero-order valence-electron chi connectivity index (χ0n) is 9.26. The highest BCUT2D eigenvalue weighted by atomic mass is 19.4. The molecule has 1 aromatic rings. The second-order valence-electron chi connectivity index (χ2n) is 4.24. The lowest BCUT2D eigenvalue weighted by atomic mass is 9.86. The molecule has 1 aromatic carbocycles. The Balaban J connectivity index is 2.45. The molecule has 2 N–H and O–H groups in total. The molecule has 0 fully saturated rings. The van der Waals surface area contributed by atoms with Crippen LogP contribution in [0.1, 0.15) is 5.56 Å². The average molecular weight is 281 g/mol. The molecule has 2 atom stereocenters. The van der Waals surface area contributed by atoms with E-state index in [0.717, 1.165) is 0 Å². The molecule has 8 heteroatoms. The Kier molecular flexibility index (Phi) is 3.11. The van der Waals surface area contributed by atoms with Crippen LogP contribution in [-0.2, 0) is 11.2 Å². The first-order valence-corrected chi connectivity index (χ1v) is 5.24. The van der Waals surface area contributed by atoms with Gasteiger partial charge in [-0.25, -0.2) is 8.78 Å². The molecular weight excluding hydrogens is 273 g/mol. The topological polar surface area (TPSA) is 49.3 Å². The Bertz CT molecular complexity index is 529. The number of halogens is 5. The van der Waals surface area contributed by atoms with Crippen LogP contribution in [0.25, 0.3) is 0 Å². The molecule has 1 aliphatic rings. The molecule has 0 spiro atoms. The van der Waals surface area contributed by atoms with Gasteiger partial charge in [-0.1, -0.05) is 0 Å². The number of rotatable bonds is 1. The number of hydrogen-bond acceptors (Lipinski definition) is 2. The fourth-order valence-electron chi connectivity index (χ4n) is 2.05. The first-order chi connectivity index (χ1) is 8.70. The van der Waals surface area contributed by atoms with Gasteiger partial charge in [0.2, 0.25) is 0 Å². The molecular formula is C11H8F5NO2. The summed E-state index contributed by atoms with van der Waals surface area (Å²) in [6, 6.07) is -1.02. The Morgan fingerprint density at radius 1 is 1.26 bits per heavy atom. The third-order valence-electron chi connectivity index (χ3n) is 2.97. The van der Waals surface area contributed by atoms with Crippen molar-refractivity contribution in [3.8, 4) is 0 Å². The fraction of sp³-hybridized carbons (Fsp3) is 0.364. The normalized spacial score (nSPS) is 22.6. The number of fused-ring (bicyclic) bond motifs is 1. The smallest absolute Gasteiger partial charge is 0.409 e. The van der Waals surface area contributed by atoms with Crippen LogP contribution >= 0.6 is 0 Å². The Morgan fingerprint density at radius 2 is 1.84 bits per heavy atom. The van der Waals surface area contributed by atoms with E-state index in [1.54, 1.807) is 0 Å². The maximum atomic E-state index is 13.0. The maximum Gasteiger partial charge on any atom is 0.409 e. The van der Waals surface area contributed by atoms with Crippen molar-refractivity contribution >= 4 is 11.7 Å². The summed E-state index contributed by atoms with van der Waals surface area (Å²) in [6.45, 7) is 0. The number of nitrogens with one attached hydrogen (secondary N) is 1. The summed E-state index contributed by atoms with van der Waals surface area (Å²) in [6.07, 6.45) is -5.31. The Morgan fingerprint density at radius 3 is 2.37 bits per heavy atom. The minimum absolute atomic E-state index is 0.00630. The summed E-state index contributed by atoms with van der Waals surface area (Å²) in [5, 5.41) is 10.7. The predicted molar refractivity (Wildman–Crippen MR) is 54.7 cm³/mol. The predicted octanol–water partition coefficient (Wildman–Crippen LogP) is 2.56. The Hall–Kier alpha value is -1.86. The highest BCUT2D eigenvalue weighted by molar-refractivity contribution is 5.74. The van der Waals surface area contributed by atoms with E-state index < -0.39 is 42.2 Å². The van der Waals surface area contributed by atoms with Crippen LogP contribution in [0.5, 0.6) is 0 Å². The van der Waals surface area contributed by atoms with Gasteiger partial charge in [-0.05, 0) is 18.1 Å². The number of aliphatic carboxylic acids is 1. The zero-order valence-corrected chi connectivity index (χ0v) is 9.26. The number of hydrogen-bond donors (Lipinski definition) is 2. The summed E-state index contributed by atoms with van der Waals surface area (Å²) in [5.74, 6) is -5.95. The van der Waals surface area contributed by atoms with Crippen molar-refractivity contribution in [2.75, 3.05) is 5.32 Å². The summed E-state index contributed by atoms with van der Waals surface area (Å²) in [4.78, 5) is 10.9. The van der Waals surface area contributed by atoms with Crippen molar-refractivity contribution in [3.63, 3.8) is 0 Å². The summed E-state index contributed by atoms with van der Waals surface area (Å²) >= 11 is 0. The van der Waals surface area contributed by atoms with Gasteiger partial charge in [0.1, 0.15) is 6.04 Å². The summed E-state index contributed by atoms with van der Waals surface area (Å²) in [5.41, 5.74) is -0.231. The van der Waals surface area contributed by atoms with Crippen LogP contribution in [0.3, 0.4) is 0 Å². The second kappa shape index (κ2) is 4.36. The van der Waals surface area contributed by atoms with Gasteiger partial charge >= 0.3 is 12.1 Å². The zero-order chi connectivity index (χ0) is 14.4. The molecule has 19 heavy (non-hydrogen) atoms. The lowest BCUT2D eigenvalue weighted by molar-refractivity contribution is -0.169. The molecule has 2 unspecified atom stereocenters. The van der Waals surface area contributed by atoms with Crippen molar-refractivity contribution in [2.45, 2.75) is 18.6 Å². The minimum atomic E-state index is -4.80. The third kappa shape index (κ3) is 2.47. The van der Waals surface area contributed by atoms with Crippen molar-refractivity contribution in [3.05, 3.63) is 29.3 Å². The van der Waals surface area contributed by atoms with Gasteiger partial charge in [-0.3, -0.25) is 4.79 Å². The van der Waals surface area contributed by atoms with Gasteiger partial charge in [-0.2, -0.15) is 13.2 Å². The first kappa shape index (κ1) is 13.6. The quantitative estimate of drug-likeness (QED) is 0.778. The van der Waals surface area contributed by atoms with Crippen LogP contribution in [-0.4, -0.2) is 23.3 Å². The Labute approximate surface area is 104 Å². The summed E-state index contributed by atoms with van der Waals surface area (Å²) < 4.78 is 64.2. The molecule has 0 aromatic heterocycles. The van der Waals surface area contributed by atoms with E-state index in [2.05, 4.69) is 0 Å². The van der Waals surface area contributed by atoms with E-state index in [1.165, 1.54) is 0 Å². The van der Waals surface area contributed by atoms with Gasteiger partial charge in [0.05, 0.1) is 5.92 Å². The van der Waals surface area contributed by atoms with Crippen molar-refractivity contribution in [1.29, 1.82) is 0 Å². The van der Waals surface area contributed by atoms with Crippen molar-refractivity contribution in [1.82, 2.24) is 0 Å². The highest BCUT2D eigenvalue weighted by Crippen LogP contribution is 2.37. The molecule has 2 rings (SSSR count). The van der Waals surface area contributed by atoms with Crippen molar-refractivity contribution < 1.29 is 31.9 Å². The molecule has 0 saturated carbocycles. The molecule has 0 amide bonds. The van der Waals surface area contributed by atoms with E-state index in [1.807, 2.05) is 5.32 Å². The fourth-order valence-corrected chi connectivity index (χ4v) is 2.05. The average Bonchev–Trinajstić information content (AvgIpc) is 2.27. The molecule has 1 heterocycles. The number of benzene rings is 1. The van der Waals surface area contributed by atoms with Crippen LogP contribution in [0.15, 0.2) is 12.1 Å². The molecule has 104 valence electrons. The van der Waals surface area contributed by atoms with Gasteiger partial charge in [0, 0.05) is 11.8 Å². The van der Waals surface area contributed by atoms with Gasteiger partial charge < -0.3 is 10.4 Å². The highest BCUT2D eigenvalue weighted by Gasteiger charge is 2.50. The lowest BCUT2D eigenvalue weighted by Gasteiger charge is -2.33. The SMILES string of the molecule is O=C(O)C1Cc2cc(F)c(F)cc2NC1C(F)(F)F. The number of carbonyl (C=O) groups is 1. The largest absolute Gasteiger partial charge is 0.481 e. The van der Waals surface area contributed by atoms with Crippen LogP contribution in [0.4, 0.5) is 27.6 Å². The number of carboxylic acids is 1.